The van der Waals surface area contributed by atoms with Crippen molar-refractivity contribution < 1.29 is 0 Å². The SMILES string of the molecule is c1ccc(-c2ccc(-c3ccccc3N(c3ccc(-c4cccc5ccccc45)cc3)c3ccc(-n4c5ccccc5c5cc6ccccc6cc54)cc3)cc2)cc1. The average Bonchev–Trinajstić information content (AvgIpc) is 3.62. The monoisotopic (exact) mass is 738 g/mol. The molecule has 1 heterocycles. The van der Waals surface area contributed by atoms with Crippen LogP contribution >= 0.6 is 0 Å². The van der Waals surface area contributed by atoms with Crippen molar-refractivity contribution in [1.82, 2.24) is 4.57 Å². The Balaban J connectivity index is 1.05. The Morgan fingerprint density at radius 2 is 0.810 bits per heavy atom. The Hall–Kier alpha value is -7.68. The first-order valence-corrected chi connectivity index (χ1v) is 19.9. The second-order valence-corrected chi connectivity index (χ2v) is 15.0. The van der Waals surface area contributed by atoms with Crippen LogP contribution in [-0.2, 0) is 0 Å². The summed E-state index contributed by atoms with van der Waals surface area (Å²) < 4.78 is 2.41. The number of hydrogen-bond donors (Lipinski definition) is 0. The van der Waals surface area contributed by atoms with Gasteiger partial charge in [0, 0.05) is 33.4 Å². The lowest BCUT2D eigenvalue weighted by Crippen LogP contribution is -2.11. The number of rotatable bonds is 7. The summed E-state index contributed by atoms with van der Waals surface area (Å²) in [5.74, 6) is 0. The molecule has 0 N–H and O–H groups in total. The molecule has 272 valence electrons. The summed E-state index contributed by atoms with van der Waals surface area (Å²) in [4.78, 5) is 2.40. The highest BCUT2D eigenvalue weighted by Crippen LogP contribution is 2.43. The topological polar surface area (TPSA) is 8.17 Å². The second kappa shape index (κ2) is 14.1. The maximum absolute atomic E-state index is 2.41. The van der Waals surface area contributed by atoms with Crippen molar-refractivity contribution in [2.45, 2.75) is 0 Å². The van der Waals surface area contributed by atoms with E-state index in [0.29, 0.717) is 0 Å². The van der Waals surface area contributed by atoms with Crippen LogP contribution in [0.3, 0.4) is 0 Å². The van der Waals surface area contributed by atoms with E-state index in [1.165, 1.54) is 76.7 Å². The molecule has 0 aliphatic carbocycles. The molecule has 0 saturated carbocycles. The van der Waals surface area contributed by atoms with E-state index in [-0.39, 0.29) is 0 Å². The van der Waals surface area contributed by atoms with Crippen molar-refractivity contribution in [2.75, 3.05) is 4.90 Å². The van der Waals surface area contributed by atoms with Crippen molar-refractivity contribution in [3.63, 3.8) is 0 Å². The van der Waals surface area contributed by atoms with Crippen LogP contribution < -0.4 is 4.90 Å². The Morgan fingerprint density at radius 3 is 1.59 bits per heavy atom. The van der Waals surface area contributed by atoms with Crippen LogP contribution in [0.25, 0.3) is 82.4 Å². The van der Waals surface area contributed by atoms with Gasteiger partial charge in [0.05, 0.1) is 16.7 Å². The van der Waals surface area contributed by atoms with Crippen LogP contribution in [0.5, 0.6) is 0 Å². The van der Waals surface area contributed by atoms with Crippen LogP contribution in [0, 0.1) is 0 Å². The van der Waals surface area contributed by atoms with Gasteiger partial charge in [-0.2, -0.15) is 0 Å². The Labute approximate surface area is 338 Å². The molecule has 0 fully saturated rings. The Kier molecular flexibility index (Phi) is 8.19. The van der Waals surface area contributed by atoms with Crippen molar-refractivity contribution in [2.24, 2.45) is 0 Å². The summed E-state index contributed by atoms with van der Waals surface area (Å²) in [6, 6.07) is 83.7. The lowest BCUT2D eigenvalue weighted by atomic mass is 9.97. The number of nitrogens with zero attached hydrogens (tertiary/aromatic N) is 2. The maximum atomic E-state index is 2.41. The molecule has 2 heteroatoms. The summed E-state index contributed by atoms with van der Waals surface area (Å²) in [6.07, 6.45) is 0. The van der Waals surface area contributed by atoms with E-state index in [0.717, 1.165) is 22.7 Å². The molecule has 0 radical (unpaired) electrons. The Morgan fingerprint density at radius 1 is 0.293 bits per heavy atom. The fraction of sp³-hybridized carbons (Fsp3) is 0. The summed E-state index contributed by atoms with van der Waals surface area (Å²) in [5.41, 5.74) is 14.0. The third-order valence-corrected chi connectivity index (χ3v) is 11.6. The standard InChI is InChI=1S/C56H38N2/c1-2-13-39(14-3-1)40-25-27-43(28-26-40)51-20-8-10-23-54(51)57(46-31-29-42(30-32-46)50-22-12-18-41-15-6-7-19-49(41)50)47-33-35-48(36-34-47)58-55-24-11-9-21-52(55)53-37-44-16-4-5-17-45(44)38-56(53)58/h1-38H. The predicted molar refractivity (Wildman–Crippen MR) is 247 cm³/mol. The van der Waals surface area contributed by atoms with E-state index in [9.17, 15) is 0 Å². The number of fused-ring (bicyclic) bond motifs is 5. The molecule has 0 bridgehead atoms. The molecule has 11 rings (SSSR count). The van der Waals surface area contributed by atoms with Gasteiger partial charge in [0.1, 0.15) is 0 Å². The van der Waals surface area contributed by atoms with Gasteiger partial charge in [0.25, 0.3) is 0 Å². The number of aromatic nitrogens is 1. The lowest BCUT2D eigenvalue weighted by Gasteiger charge is -2.28. The van der Waals surface area contributed by atoms with Crippen molar-refractivity contribution in [3.05, 3.63) is 231 Å². The molecule has 10 aromatic carbocycles. The second-order valence-electron chi connectivity index (χ2n) is 15.0. The van der Waals surface area contributed by atoms with E-state index in [1.54, 1.807) is 0 Å². The van der Waals surface area contributed by atoms with Gasteiger partial charge in [-0.15, -0.1) is 0 Å². The van der Waals surface area contributed by atoms with Gasteiger partial charge in [0.15, 0.2) is 0 Å². The van der Waals surface area contributed by atoms with Gasteiger partial charge < -0.3 is 9.47 Å². The third kappa shape index (κ3) is 5.82. The largest absolute Gasteiger partial charge is 0.310 e. The zero-order valence-electron chi connectivity index (χ0n) is 31.8. The highest BCUT2D eigenvalue weighted by Gasteiger charge is 2.19. The van der Waals surface area contributed by atoms with Crippen molar-refractivity contribution in [1.29, 1.82) is 0 Å². The molecule has 0 aliphatic rings. The fourth-order valence-corrected chi connectivity index (χ4v) is 8.76. The minimum Gasteiger partial charge on any atom is -0.310 e. The molecular formula is C56H38N2. The molecule has 1 aromatic heterocycles. The summed E-state index contributed by atoms with van der Waals surface area (Å²) >= 11 is 0. The number of para-hydroxylation sites is 2. The molecule has 0 spiro atoms. The van der Waals surface area contributed by atoms with Gasteiger partial charge >= 0.3 is 0 Å². The summed E-state index contributed by atoms with van der Waals surface area (Å²) in [6.45, 7) is 0. The molecule has 2 nitrogen and oxygen atoms in total. The van der Waals surface area contributed by atoms with Gasteiger partial charge in [-0.25, -0.2) is 0 Å². The van der Waals surface area contributed by atoms with Crippen LogP contribution in [0.2, 0.25) is 0 Å². The van der Waals surface area contributed by atoms with Crippen LogP contribution in [0.15, 0.2) is 231 Å². The normalized spacial score (nSPS) is 11.4. The smallest absolute Gasteiger partial charge is 0.0547 e. The molecule has 0 amide bonds. The quantitative estimate of drug-likeness (QED) is 0.158. The Bertz CT molecular complexity index is 3240. The number of benzene rings is 10. The fourth-order valence-electron chi connectivity index (χ4n) is 8.76. The number of anilines is 3. The zero-order chi connectivity index (χ0) is 38.4. The summed E-state index contributed by atoms with van der Waals surface area (Å²) in [7, 11) is 0. The van der Waals surface area contributed by atoms with Gasteiger partial charge in [-0.1, -0.05) is 170 Å². The first kappa shape index (κ1) is 33.6. The molecule has 0 aliphatic heterocycles. The van der Waals surface area contributed by atoms with E-state index < -0.39 is 0 Å². The maximum Gasteiger partial charge on any atom is 0.0547 e. The third-order valence-electron chi connectivity index (χ3n) is 11.6. The highest BCUT2D eigenvalue weighted by molar-refractivity contribution is 6.13. The minimum atomic E-state index is 1.08. The van der Waals surface area contributed by atoms with E-state index in [4.69, 9.17) is 0 Å². The van der Waals surface area contributed by atoms with Crippen LogP contribution in [0.1, 0.15) is 0 Å². The zero-order valence-corrected chi connectivity index (χ0v) is 31.8. The van der Waals surface area contributed by atoms with Gasteiger partial charge in [-0.05, 0) is 110 Å². The number of hydrogen-bond acceptors (Lipinski definition) is 1. The molecule has 58 heavy (non-hydrogen) atoms. The lowest BCUT2D eigenvalue weighted by molar-refractivity contribution is 1.17. The molecule has 0 saturated heterocycles. The highest BCUT2D eigenvalue weighted by atomic mass is 15.1. The van der Waals surface area contributed by atoms with Crippen LogP contribution in [0.4, 0.5) is 17.1 Å². The average molecular weight is 739 g/mol. The molecular weight excluding hydrogens is 701 g/mol. The van der Waals surface area contributed by atoms with E-state index in [2.05, 4.69) is 240 Å². The molecule has 11 aromatic rings. The molecule has 0 unspecified atom stereocenters. The predicted octanol–water partition coefficient (Wildman–Crippen LogP) is 15.6. The first-order chi connectivity index (χ1) is 28.8. The van der Waals surface area contributed by atoms with Crippen molar-refractivity contribution >= 4 is 60.4 Å². The van der Waals surface area contributed by atoms with Gasteiger partial charge in [0.2, 0.25) is 0 Å². The van der Waals surface area contributed by atoms with E-state index in [1.807, 2.05) is 0 Å². The first-order valence-electron chi connectivity index (χ1n) is 19.9. The molecule has 0 atom stereocenters. The van der Waals surface area contributed by atoms with Gasteiger partial charge in [-0.3, -0.25) is 0 Å². The van der Waals surface area contributed by atoms with E-state index >= 15 is 0 Å². The van der Waals surface area contributed by atoms with Crippen LogP contribution in [-0.4, -0.2) is 4.57 Å². The van der Waals surface area contributed by atoms with Crippen molar-refractivity contribution in [3.8, 4) is 39.1 Å². The summed E-state index contributed by atoms with van der Waals surface area (Å²) in [5, 5.41) is 7.51. The minimum absolute atomic E-state index is 1.08.